The fraction of sp³-hybridized carbons (Fsp3) is 0.231. The van der Waals surface area contributed by atoms with Gasteiger partial charge < -0.3 is 14.1 Å². The molecule has 1 atom stereocenters. The van der Waals surface area contributed by atoms with Crippen LogP contribution in [0.3, 0.4) is 0 Å². The molecular weight excluding hydrogens is 672 g/mol. The van der Waals surface area contributed by atoms with Crippen molar-refractivity contribution in [3.05, 3.63) is 138 Å². The van der Waals surface area contributed by atoms with E-state index in [0.717, 1.165) is 33.8 Å². The van der Waals surface area contributed by atoms with Gasteiger partial charge in [0.05, 0.1) is 18.2 Å². The van der Waals surface area contributed by atoms with Crippen molar-refractivity contribution in [2.24, 2.45) is 0 Å². The molecule has 1 aliphatic rings. The number of aromatic nitrogens is 3. The molecule has 1 aliphatic heterocycles. The Morgan fingerprint density at radius 2 is 1.61 bits per heavy atom. The zero-order chi connectivity index (χ0) is 36.1. The number of likely N-dealkylation sites (tertiary alicyclic amines) is 1. The number of urea groups is 1. The average molecular weight is 710 g/mol. The van der Waals surface area contributed by atoms with Crippen LogP contribution in [0.1, 0.15) is 38.3 Å². The molecule has 5 aromatic rings. The topological polar surface area (TPSA) is 89.5 Å². The highest BCUT2D eigenvalue weighted by Crippen LogP contribution is 2.40. The van der Waals surface area contributed by atoms with E-state index in [1.54, 1.807) is 35.4 Å². The summed E-state index contributed by atoms with van der Waals surface area (Å²) in [7, 11) is -3.05. The number of benzene rings is 3. The second-order valence-electron chi connectivity index (χ2n) is 13.3. The second kappa shape index (κ2) is 14.9. The molecule has 0 bridgehead atoms. The van der Waals surface area contributed by atoms with E-state index in [-0.39, 0.29) is 23.5 Å². The zero-order valence-corrected chi connectivity index (χ0v) is 29.5. The van der Waals surface area contributed by atoms with Crippen LogP contribution in [-0.4, -0.2) is 53.6 Å². The third-order valence-corrected chi connectivity index (χ3v) is 13.8. The van der Waals surface area contributed by atoms with Crippen LogP contribution in [0, 0.1) is 0 Å². The lowest BCUT2D eigenvalue weighted by Gasteiger charge is -2.47. The first-order valence-corrected chi connectivity index (χ1v) is 18.5. The summed E-state index contributed by atoms with van der Waals surface area (Å²) >= 11 is 0. The number of carbonyl (C=O) groups is 1. The van der Waals surface area contributed by atoms with Crippen molar-refractivity contribution in [1.82, 2.24) is 20.1 Å². The van der Waals surface area contributed by atoms with Gasteiger partial charge >= 0.3 is 12.2 Å². The van der Waals surface area contributed by atoms with Crippen LogP contribution in [0.2, 0.25) is 5.04 Å². The van der Waals surface area contributed by atoms with Gasteiger partial charge in [-0.1, -0.05) is 99.6 Å². The summed E-state index contributed by atoms with van der Waals surface area (Å²) in [5, 5.41) is 12.7. The number of anilines is 1. The van der Waals surface area contributed by atoms with Crippen LogP contribution in [0.5, 0.6) is 11.6 Å². The number of halogens is 3. The maximum atomic E-state index is 13.6. The number of amides is 2. The molecule has 1 fully saturated rings. The fourth-order valence-electron chi connectivity index (χ4n) is 6.37. The predicted octanol–water partition coefficient (Wildman–Crippen LogP) is 7.95. The van der Waals surface area contributed by atoms with Gasteiger partial charge in [0.15, 0.2) is 5.82 Å². The van der Waals surface area contributed by atoms with Crippen molar-refractivity contribution in [1.29, 1.82) is 0 Å². The number of piperidine rings is 1. The Morgan fingerprint density at radius 1 is 0.902 bits per heavy atom. The predicted molar refractivity (Wildman–Crippen MR) is 193 cm³/mol. The monoisotopic (exact) mass is 709 g/mol. The Balaban J connectivity index is 1.37. The van der Waals surface area contributed by atoms with E-state index >= 15 is 0 Å². The molecule has 0 aliphatic carbocycles. The Labute approximate surface area is 296 Å². The molecule has 262 valence electrons. The lowest BCUT2D eigenvalue weighted by atomic mass is 9.98. The summed E-state index contributed by atoms with van der Waals surface area (Å²) in [5.74, 6) is 0.817. The van der Waals surface area contributed by atoms with E-state index in [0.29, 0.717) is 24.5 Å². The normalized spacial score (nSPS) is 16.2. The standard InChI is InChI=1S/C39H38F3N5O3Si/c1-38(2,3)51(32-14-6-4-7-15-32,33-16-8-5-9-17-33)50-34-27-47(37(48)45-35-18-11-22-44-46-35)23-21-29(34)24-28-12-10-13-31(25-28)49-36-20-19-30(26-43-36)39(40,41)42/h4-20,22,24-26,34H,21,23,27H2,1-3H3,(H,45,46,48)/b29-24+. The van der Waals surface area contributed by atoms with Gasteiger partial charge in [-0.2, -0.15) is 18.3 Å². The molecule has 3 aromatic carbocycles. The molecule has 0 saturated carbocycles. The summed E-state index contributed by atoms with van der Waals surface area (Å²) in [6.07, 6.45) is -0.102. The minimum absolute atomic E-state index is 0.0446. The van der Waals surface area contributed by atoms with E-state index in [2.05, 4.69) is 65.5 Å². The highest BCUT2D eigenvalue weighted by Gasteiger charge is 2.52. The van der Waals surface area contributed by atoms with Crippen molar-refractivity contribution in [3.8, 4) is 11.6 Å². The molecule has 6 rings (SSSR count). The molecule has 8 nitrogen and oxygen atoms in total. The minimum atomic E-state index is -4.49. The van der Waals surface area contributed by atoms with Gasteiger partial charge in [-0.15, -0.1) is 5.10 Å². The Morgan fingerprint density at radius 3 is 2.20 bits per heavy atom. The van der Waals surface area contributed by atoms with Gasteiger partial charge in [-0.05, 0) is 63.3 Å². The molecule has 12 heteroatoms. The van der Waals surface area contributed by atoms with Crippen LogP contribution in [-0.2, 0) is 10.6 Å². The number of hydrogen-bond donors (Lipinski definition) is 1. The second-order valence-corrected chi connectivity index (χ2v) is 17.5. The SMILES string of the molecule is CC(C)(C)[Si](OC1CN(C(=O)Nc2cccnn2)CC/C1=C\c1cccc(Oc2ccc(C(F)(F)F)cn2)c1)(c1ccccc1)c1ccccc1. The van der Waals surface area contributed by atoms with Crippen molar-refractivity contribution < 1.29 is 27.1 Å². The van der Waals surface area contributed by atoms with Crippen molar-refractivity contribution in [2.45, 2.75) is 44.5 Å². The number of rotatable bonds is 8. The number of alkyl halides is 3. The number of ether oxygens (including phenoxy) is 1. The van der Waals surface area contributed by atoms with E-state index < -0.39 is 26.2 Å². The van der Waals surface area contributed by atoms with Crippen molar-refractivity contribution >= 4 is 36.6 Å². The molecule has 1 unspecified atom stereocenters. The summed E-state index contributed by atoms with van der Waals surface area (Å²) in [4.78, 5) is 19.2. The number of carbonyl (C=O) groups excluding carboxylic acids is 1. The van der Waals surface area contributed by atoms with Gasteiger partial charge in [0.1, 0.15) is 5.75 Å². The summed E-state index contributed by atoms with van der Waals surface area (Å²) in [6, 6.07) is 33.1. The zero-order valence-electron chi connectivity index (χ0n) is 28.5. The third-order valence-electron chi connectivity index (χ3n) is 8.80. The lowest BCUT2D eigenvalue weighted by molar-refractivity contribution is -0.137. The van der Waals surface area contributed by atoms with Crippen LogP contribution < -0.4 is 20.4 Å². The van der Waals surface area contributed by atoms with E-state index in [1.807, 2.05) is 54.6 Å². The van der Waals surface area contributed by atoms with Crippen LogP contribution >= 0.6 is 0 Å². The number of pyridine rings is 1. The molecule has 2 amide bonds. The first-order chi connectivity index (χ1) is 24.4. The van der Waals surface area contributed by atoms with Crippen molar-refractivity contribution in [3.63, 3.8) is 0 Å². The molecule has 3 heterocycles. The van der Waals surface area contributed by atoms with E-state index in [1.165, 1.54) is 6.07 Å². The summed E-state index contributed by atoms with van der Waals surface area (Å²) < 4.78 is 52.6. The molecular formula is C39H38F3N5O3Si. The third kappa shape index (κ3) is 8.19. The summed E-state index contributed by atoms with van der Waals surface area (Å²) in [5.41, 5.74) is 0.955. The quantitative estimate of drug-likeness (QED) is 0.165. The molecule has 2 aromatic heterocycles. The fourth-order valence-corrected chi connectivity index (χ4v) is 11.0. The first kappa shape index (κ1) is 35.5. The highest BCUT2D eigenvalue weighted by molar-refractivity contribution is 6.99. The van der Waals surface area contributed by atoms with Crippen molar-refractivity contribution in [2.75, 3.05) is 18.4 Å². The van der Waals surface area contributed by atoms with Crippen LogP contribution in [0.15, 0.2) is 127 Å². The Kier molecular flexibility index (Phi) is 10.4. The first-order valence-electron chi connectivity index (χ1n) is 16.6. The van der Waals surface area contributed by atoms with Gasteiger partial charge in [-0.3, -0.25) is 5.32 Å². The molecule has 0 spiro atoms. The maximum absolute atomic E-state index is 13.6. The molecule has 1 N–H and O–H groups in total. The largest absolute Gasteiger partial charge is 0.439 e. The summed E-state index contributed by atoms with van der Waals surface area (Å²) in [6.45, 7) is 7.35. The molecule has 51 heavy (non-hydrogen) atoms. The van der Waals surface area contributed by atoms with Gasteiger partial charge in [0.2, 0.25) is 5.88 Å². The lowest BCUT2D eigenvalue weighted by Crippen LogP contribution is -2.68. The number of nitrogens with zero attached hydrogens (tertiary/aromatic N) is 4. The number of hydrogen-bond acceptors (Lipinski definition) is 6. The highest BCUT2D eigenvalue weighted by atomic mass is 28.4. The maximum Gasteiger partial charge on any atom is 0.417 e. The van der Waals surface area contributed by atoms with E-state index in [9.17, 15) is 18.0 Å². The Hall–Kier alpha value is -5.33. The smallest absolute Gasteiger partial charge is 0.417 e. The molecule has 1 saturated heterocycles. The van der Waals surface area contributed by atoms with Gasteiger partial charge in [0, 0.05) is 25.0 Å². The molecule has 0 radical (unpaired) electrons. The van der Waals surface area contributed by atoms with E-state index in [4.69, 9.17) is 9.16 Å². The Bertz CT molecular complexity index is 1920. The minimum Gasteiger partial charge on any atom is -0.439 e. The van der Waals surface area contributed by atoms with Gasteiger partial charge in [-0.25, -0.2) is 9.78 Å². The van der Waals surface area contributed by atoms with Crippen LogP contribution in [0.4, 0.5) is 23.8 Å². The number of nitrogens with one attached hydrogen (secondary N) is 1. The van der Waals surface area contributed by atoms with Gasteiger partial charge in [0.25, 0.3) is 8.32 Å². The average Bonchev–Trinajstić information content (AvgIpc) is 3.12. The van der Waals surface area contributed by atoms with Crippen LogP contribution in [0.25, 0.3) is 6.08 Å².